The highest BCUT2D eigenvalue weighted by Crippen LogP contribution is 2.14. The monoisotopic (exact) mass is 392 g/mol. The van der Waals surface area contributed by atoms with Crippen LogP contribution in [0.25, 0.3) is 0 Å². The second-order valence-electron chi connectivity index (χ2n) is 4.57. The summed E-state index contributed by atoms with van der Waals surface area (Å²) in [6, 6.07) is 15.8. The maximum Gasteiger partial charge on any atom is 0.213 e. The molecule has 0 atom stereocenters. The van der Waals surface area contributed by atoms with Crippen molar-refractivity contribution in [3.8, 4) is 5.88 Å². The smallest absolute Gasteiger partial charge is 0.213 e. The fraction of sp³-hybridized carbons (Fsp3) is 0.125. The Hall–Kier alpha value is -1.89. The lowest BCUT2D eigenvalue weighted by atomic mass is 10.1. The number of halogens is 1. The van der Waals surface area contributed by atoms with Crippen molar-refractivity contribution < 1.29 is 9.26 Å². The molecule has 2 aromatic heterocycles. The molecule has 0 aliphatic carbocycles. The number of nitrogens with zero attached hydrogens (tertiary/aromatic N) is 2. The summed E-state index contributed by atoms with van der Waals surface area (Å²) in [6.45, 7) is 0.513. The van der Waals surface area contributed by atoms with Gasteiger partial charge in [0.15, 0.2) is 3.77 Å². The molecule has 3 aromatic rings. The van der Waals surface area contributed by atoms with Gasteiger partial charge in [0.1, 0.15) is 6.61 Å². The van der Waals surface area contributed by atoms with E-state index < -0.39 is 0 Å². The Morgan fingerprint density at radius 3 is 2.52 bits per heavy atom. The summed E-state index contributed by atoms with van der Waals surface area (Å²) < 4.78 is 11.5. The molecule has 1 aromatic carbocycles. The first kappa shape index (κ1) is 14.1. The topological polar surface area (TPSA) is 48.2 Å². The lowest BCUT2D eigenvalue weighted by molar-refractivity contribution is 0.294. The second kappa shape index (κ2) is 6.71. The predicted octanol–water partition coefficient (Wildman–Crippen LogP) is 3.84. The molecule has 0 fully saturated rings. The van der Waals surface area contributed by atoms with Crippen molar-refractivity contribution in [2.24, 2.45) is 0 Å². The summed E-state index contributed by atoms with van der Waals surface area (Å²) in [5, 5.41) is 3.99. The molecule has 4 nitrogen and oxygen atoms in total. The Morgan fingerprint density at radius 1 is 1.05 bits per heavy atom. The Bertz CT molecular complexity index is 696. The van der Waals surface area contributed by atoms with E-state index in [-0.39, 0.29) is 0 Å². The van der Waals surface area contributed by atoms with Crippen LogP contribution in [0, 0.1) is 3.77 Å². The van der Waals surface area contributed by atoms with Gasteiger partial charge in [-0.1, -0.05) is 35.5 Å². The average molecular weight is 392 g/mol. The summed E-state index contributed by atoms with van der Waals surface area (Å²) in [5.41, 5.74) is 3.25. The van der Waals surface area contributed by atoms with E-state index >= 15 is 0 Å². The van der Waals surface area contributed by atoms with Crippen molar-refractivity contribution in [3.05, 3.63) is 75.3 Å². The highest BCUT2D eigenvalue weighted by molar-refractivity contribution is 14.1. The van der Waals surface area contributed by atoms with Crippen molar-refractivity contribution >= 4 is 22.6 Å². The number of pyridine rings is 1. The van der Waals surface area contributed by atoms with Gasteiger partial charge < -0.3 is 9.26 Å². The highest BCUT2D eigenvalue weighted by atomic mass is 127. The summed E-state index contributed by atoms with van der Waals surface area (Å²) in [4.78, 5) is 4.13. The molecule has 0 saturated carbocycles. The zero-order valence-electron chi connectivity index (χ0n) is 11.2. The molecule has 0 N–H and O–H groups in total. The zero-order chi connectivity index (χ0) is 14.5. The number of ether oxygens (including phenoxy) is 1. The van der Waals surface area contributed by atoms with Gasteiger partial charge in [-0.3, -0.25) is 0 Å². The molecule has 2 heterocycles. The van der Waals surface area contributed by atoms with Crippen molar-refractivity contribution in [2.45, 2.75) is 13.0 Å². The Labute approximate surface area is 136 Å². The van der Waals surface area contributed by atoms with E-state index in [9.17, 15) is 0 Å². The van der Waals surface area contributed by atoms with Crippen molar-refractivity contribution in [1.29, 1.82) is 0 Å². The minimum Gasteiger partial charge on any atom is -0.473 e. The Balaban J connectivity index is 1.59. The molecule has 106 valence electrons. The first-order chi connectivity index (χ1) is 10.3. The predicted molar refractivity (Wildman–Crippen MR) is 87.0 cm³/mol. The van der Waals surface area contributed by atoms with Gasteiger partial charge in [-0.2, -0.15) is 0 Å². The summed E-state index contributed by atoms with van der Waals surface area (Å²) in [5.74, 6) is 0.638. The van der Waals surface area contributed by atoms with Crippen LogP contribution >= 0.6 is 22.6 Å². The summed E-state index contributed by atoms with van der Waals surface area (Å²) in [7, 11) is 0. The van der Waals surface area contributed by atoms with Gasteiger partial charge in [-0.15, -0.1) is 0 Å². The molecule has 21 heavy (non-hydrogen) atoms. The SMILES string of the molecule is Ic1cc(Cc2ccc(COc3ccccn3)cc2)no1. The normalized spacial score (nSPS) is 10.5. The Morgan fingerprint density at radius 2 is 1.86 bits per heavy atom. The lowest BCUT2D eigenvalue weighted by Gasteiger charge is -2.05. The van der Waals surface area contributed by atoms with Gasteiger partial charge in [-0.25, -0.2) is 4.98 Å². The molecule has 0 amide bonds. The van der Waals surface area contributed by atoms with Gasteiger partial charge in [0.2, 0.25) is 5.88 Å². The second-order valence-corrected chi connectivity index (χ2v) is 5.64. The average Bonchev–Trinajstić information content (AvgIpc) is 2.93. The minimum atomic E-state index is 0.513. The van der Waals surface area contributed by atoms with Gasteiger partial charge in [0.05, 0.1) is 5.69 Å². The van der Waals surface area contributed by atoms with E-state index in [2.05, 4.69) is 57.0 Å². The standard InChI is InChI=1S/C16H13IN2O2/c17-15-10-14(19-21-15)9-12-4-6-13(7-5-12)11-20-16-3-1-2-8-18-16/h1-8,10H,9,11H2. The zero-order valence-corrected chi connectivity index (χ0v) is 13.4. The molecule has 5 heteroatoms. The van der Waals surface area contributed by atoms with Crippen LogP contribution in [-0.4, -0.2) is 10.1 Å². The van der Waals surface area contributed by atoms with Gasteiger partial charge in [-0.05, 0) is 17.2 Å². The summed E-state index contributed by atoms with van der Waals surface area (Å²) >= 11 is 2.11. The molecule has 0 unspecified atom stereocenters. The van der Waals surface area contributed by atoms with E-state index in [1.165, 1.54) is 5.56 Å². The number of benzene rings is 1. The van der Waals surface area contributed by atoms with E-state index in [4.69, 9.17) is 9.26 Å². The highest BCUT2D eigenvalue weighted by Gasteiger charge is 2.03. The first-order valence-corrected chi connectivity index (χ1v) is 7.60. The van der Waals surface area contributed by atoms with E-state index in [0.29, 0.717) is 12.5 Å². The van der Waals surface area contributed by atoms with Crippen LogP contribution in [0.4, 0.5) is 0 Å². The number of hydrogen-bond donors (Lipinski definition) is 0. The van der Waals surface area contributed by atoms with Crippen LogP contribution in [0.15, 0.2) is 59.3 Å². The number of aromatic nitrogens is 2. The van der Waals surface area contributed by atoms with E-state index in [1.54, 1.807) is 6.20 Å². The molecular weight excluding hydrogens is 379 g/mol. The number of hydrogen-bond acceptors (Lipinski definition) is 4. The third kappa shape index (κ3) is 4.04. The molecule has 0 aliphatic heterocycles. The maximum atomic E-state index is 5.61. The molecule has 0 bridgehead atoms. The van der Waals surface area contributed by atoms with Gasteiger partial charge in [0, 0.05) is 47.3 Å². The summed E-state index contributed by atoms with van der Waals surface area (Å²) in [6.07, 6.45) is 2.49. The van der Waals surface area contributed by atoms with Crippen molar-refractivity contribution in [1.82, 2.24) is 10.1 Å². The molecule has 0 aliphatic rings. The van der Waals surface area contributed by atoms with Crippen LogP contribution in [0.5, 0.6) is 5.88 Å². The van der Waals surface area contributed by atoms with Crippen LogP contribution in [-0.2, 0) is 13.0 Å². The van der Waals surface area contributed by atoms with Crippen LogP contribution in [0.2, 0.25) is 0 Å². The van der Waals surface area contributed by atoms with Crippen LogP contribution in [0.1, 0.15) is 16.8 Å². The third-order valence-corrected chi connectivity index (χ3v) is 3.47. The Kier molecular flexibility index (Phi) is 4.49. The minimum absolute atomic E-state index is 0.513. The largest absolute Gasteiger partial charge is 0.473 e. The van der Waals surface area contributed by atoms with Gasteiger partial charge in [0.25, 0.3) is 0 Å². The van der Waals surface area contributed by atoms with E-state index in [0.717, 1.165) is 21.4 Å². The quantitative estimate of drug-likeness (QED) is 0.619. The first-order valence-electron chi connectivity index (χ1n) is 6.52. The maximum absolute atomic E-state index is 5.61. The molecule has 0 saturated heterocycles. The molecule has 0 spiro atoms. The molecular formula is C16H13IN2O2. The number of rotatable bonds is 5. The molecule has 3 rings (SSSR count). The van der Waals surface area contributed by atoms with E-state index in [1.807, 2.05) is 24.3 Å². The molecule has 0 radical (unpaired) electrons. The third-order valence-electron chi connectivity index (χ3n) is 2.96. The lowest BCUT2D eigenvalue weighted by Crippen LogP contribution is -1.97. The van der Waals surface area contributed by atoms with Crippen LogP contribution in [0.3, 0.4) is 0 Å². The fourth-order valence-electron chi connectivity index (χ4n) is 1.92. The van der Waals surface area contributed by atoms with Crippen LogP contribution < -0.4 is 4.74 Å². The van der Waals surface area contributed by atoms with Gasteiger partial charge >= 0.3 is 0 Å². The fourth-order valence-corrected chi connectivity index (χ4v) is 2.38. The van der Waals surface area contributed by atoms with Crippen molar-refractivity contribution in [3.63, 3.8) is 0 Å². The van der Waals surface area contributed by atoms with Crippen molar-refractivity contribution in [2.75, 3.05) is 0 Å².